The van der Waals surface area contributed by atoms with E-state index in [9.17, 15) is 4.79 Å². The van der Waals surface area contributed by atoms with Gasteiger partial charge in [0, 0.05) is 6.42 Å². The predicted octanol–water partition coefficient (Wildman–Crippen LogP) is 3.24. The average Bonchev–Trinajstić information content (AvgIpc) is 2.46. The highest BCUT2D eigenvalue weighted by atomic mass is 16.5. The molecule has 0 aromatic heterocycles. The maximum atomic E-state index is 11.3. The highest BCUT2D eigenvalue weighted by molar-refractivity contribution is 5.69. The minimum atomic E-state index is -0.114. The van der Waals surface area contributed by atoms with Crippen molar-refractivity contribution < 1.29 is 9.53 Å². The molecule has 3 heteroatoms. The quantitative estimate of drug-likeness (QED) is 0.527. The Hall–Kier alpha value is -1.35. The molecule has 0 fully saturated rings. The fourth-order valence-electron chi connectivity index (χ4n) is 2.18. The van der Waals surface area contributed by atoms with Gasteiger partial charge in [-0.05, 0) is 50.3 Å². The van der Waals surface area contributed by atoms with Crippen LogP contribution in [0.25, 0.3) is 0 Å². The molecule has 0 saturated carbocycles. The normalized spacial score (nSPS) is 10.5. The van der Waals surface area contributed by atoms with Gasteiger partial charge in [0.1, 0.15) is 0 Å². The summed E-state index contributed by atoms with van der Waals surface area (Å²) in [5, 5.41) is 0. The number of ether oxygens (including phenoxy) is 1. The van der Waals surface area contributed by atoms with Crippen LogP contribution in [-0.4, -0.2) is 19.1 Å². The van der Waals surface area contributed by atoms with Crippen LogP contribution in [0.5, 0.6) is 0 Å². The first kappa shape index (κ1) is 16.7. The lowest BCUT2D eigenvalue weighted by molar-refractivity contribution is -0.143. The van der Waals surface area contributed by atoms with Crippen LogP contribution < -0.4 is 5.73 Å². The van der Waals surface area contributed by atoms with E-state index in [0.717, 1.165) is 25.8 Å². The minimum absolute atomic E-state index is 0.114. The molecule has 0 heterocycles. The summed E-state index contributed by atoms with van der Waals surface area (Å²) in [5.41, 5.74) is 8.05. The zero-order chi connectivity index (χ0) is 14.6. The molecule has 20 heavy (non-hydrogen) atoms. The fourth-order valence-corrected chi connectivity index (χ4v) is 2.18. The lowest BCUT2D eigenvalue weighted by atomic mass is 10.0. The van der Waals surface area contributed by atoms with Crippen LogP contribution in [0.15, 0.2) is 24.3 Å². The highest BCUT2D eigenvalue weighted by Crippen LogP contribution is 2.11. The second kappa shape index (κ2) is 10.4. The zero-order valence-electron chi connectivity index (χ0n) is 12.6. The number of aryl methyl sites for hydroxylation is 2. The van der Waals surface area contributed by atoms with Gasteiger partial charge in [0.05, 0.1) is 6.61 Å². The Morgan fingerprint density at radius 2 is 1.60 bits per heavy atom. The van der Waals surface area contributed by atoms with Gasteiger partial charge in [-0.2, -0.15) is 0 Å². The van der Waals surface area contributed by atoms with Gasteiger partial charge in [0.25, 0.3) is 0 Å². The summed E-state index contributed by atoms with van der Waals surface area (Å²) in [5.74, 6) is -0.114. The van der Waals surface area contributed by atoms with Gasteiger partial charge in [0.2, 0.25) is 0 Å². The Balaban J connectivity index is 2.24. The third-order valence-electron chi connectivity index (χ3n) is 3.37. The van der Waals surface area contributed by atoms with Gasteiger partial charge in [0.15, 0.2) is 0 Å². The number of esters is 1. The Morgan fingerprint density at radius 3 is 2.20 bits per heavy atom. The van der Waals surface area contributed by atoms with Gasteiger partial charge in [-0.25, -0.2) is 0 Å². The van der Waals surface area contributed by atoms with Crippen LogP contribution in [0.3, 0.4) is 0 Å². The maximum Gasteiger partial charge on any atom is 0.306 e. The topological polar surface area (TPSA) is 52.3 Å². The van der Waals surface area contributed by atoms with E-state index in [-0.39, 0.29) is 5.97 Å². The van der Waals surface area contributed by atoms with Gasteiger partial charge in [-0.15, -0.1) is 0 Å². The summed E-state index contributed by atoms with van der Waals surface area (Å²) < 4.78 is 4.92. The van der Waals surface area contributed by atoms with Gasteiger partial charge in [-0.1, -0.05) is 37.1 Å². The first-order valence-corrected chi connectivity index (χ1v) is 7.69. The summed E-state index contributed by atoms with van der Waals surface area (Å²) in [6, 6.07) is 8.58. The largest absolute Gasteiger partial charge is 0.466 e. The van der Waals surface area contributed by atoms with Crippen molar-refractivity contribution >= 4 is 5.97 Å². The van der Waals surface area contributed by atoms with Crippen molar-refractivity contribution in [2.75, 3.05) is 13.2 Å². The lowest BCUT2D eigenvalue weighted by Gasteiger charge is -2.05. The molecule has 0 aliphatic heterocycles. The predicted molar refractivity (Wildman–Crippen MR) is 82.6 cm³/mol. The Morgan fingerprint density at radius 1 is 1.00 bits per heavy atom. The summed E-state index contributed by atoms with van der Waals surface area (Å²) in [7, 11) is 0. The molecule has 0 radical (unpaired) electrons. The number of carbonyl (C=O) groups excluding carboxylic acids is 1. The molecule has 0 saturated heterocycles. The molecule has 0 amide bonds. The zero-order valence-corrected chi connectivity index (χ0v) is 12.6. The van der Waals surface area contributed by atoms with Crippen molar-refractivity contribution in [1.29, 1.82) is 0 Å². The van der Waals surface area contributed by atoms with Crippen LogP contribution in [0, 0.1) is 0 Å². The lowest BCUT2D eigenvalue weighted by Crippen LogP contribution is -2.05. The van der Waals surface area contributed by atoms with E-state index in [1.54, 1.807) is 0 Å². The molecule has 112 valence electrons. The monoisotopic (exact) mass is 277 g/mol. The molecule has 3 nitrogen and oxygen atoms in total. The first-order valence-electron chi connectivity index (χ1n) is 7.69. The molecular formula is C17H27NO2. The Labute approximate surface area is 122 Å². The van der Waals surface area contributed by atoms with Crippen LogP contribution in [0.1, 0.15) is 50.2 Å². The van der Waals surface area contributed by atoms with Crippen molar-refractivity contribution in [3.63, 3.8) is 0 Å². The summed E-state index contributed by atoms with van der Waals surface area (Å²) in [4.78, 5) is 11.3. The molecular weight excluding hydrogens is 250 g/mol. The van der Waals surface area contributed by atoms with Crippen molar-refractivity contribution in [1.82, 2.24) is 0 Å². The first-order chi connectivity index (χ1) is 9.76. The number of hydrogen-bond donors (Lipinski definition) is 1. The van der Waals surface area contributed by atoms with E-state index in [0.29, 0.717) is 13.0 Å². The Kier molecular flexibility index (Phi) is 8.72. The maximum absolute atomic E-state index is 11.3. The van der Waals surface area contributed by atoms with Crippen molar-refractivity contribution in [3.05, 3.63) is 35.4 Å². The van der Waals surface area contributed by atoms with Gasteiger partial charge in [-0.3, -0.25) is 4.79 Å². The molecule has 1 aromatic rings. The van der Waals surface area contributed by atoms with E-state index in [1.165, 1.54) is 30.4 Å². The van der Waals surface area contributed by atoms with Crippen LogP contribution in [0.4, 0.5) is 0 Å². The molecule has 0 spiro atoms. The molecule has 2 N–H and O–H groups in total. The molecule has 0 atom stereocenters. The average molecular weight is 277 g/mol. The number of hydrogen-bond acceptors (Lipinski definition) is 3. The molecule has 0 bridgehead atoms. The smallest absolute Gasteiger partial charge is 0.306 e. The fraction of sp³-hybridized carbons (Fsp3) is 0.588. The van der Waals surface area contributed by atoms with Crippen LogP contribution in [0.2, 0.25) is 0 Å². The minimum Gasteiger partial charge on any atom is -0.466 e. The molecule has 1 rings (SSSR count). The van der Waals surface area contributed by atoms with Crippen LogP contribution >= 0.6 is 0 Å². The van der Waals surface area contributed by atoms with E-state index >= 15 is 0 Å². The molecule has 0 aliphatic rings. The third-order valence-corrected chi connectivity index (χ3v) is 3.37. The van der Waals surface area contributed by atoms with Crippen LogP contribution in [-0.2, 0) is 22.4 Å². The number of nitrogens with two attached hydrogens (primary N) is 1. The van der Waals surface area contributed by atoms with Gasteiger partial charge >= 0.3 is 5.97 Å². The van der Waals surface area contributed by atoms with E-state index < -0.39 is 0 Å². The standard InChI is InChI=1S/C17H27NO2/c1-2-20-17(19)13-12-16-10-8-15(9-11-16)7-5-3-4-6-14-18/h8-11H,2-7,12-14,18H2,1H3. The number of rotatable bonds is 10. The second-order valence-corrected chi connectivity index (χ2v) is 5.07. The summed E-state index contributed by atoms with van der Waals surface area (Å²) in [6.45, 7) is 3.09. The molecule has 1 aromatic carbocycles. The number of carbonyl (C=O) groups is 1. The highest BCUT2D eigenvalue weighted by Gasteiger charge is 2.02. The van der Waals surface area contributed by atoms with E-state index in [4.69, 9.17) is 10.5 Å². The van der Waals surface area contributed by atoms with Gasteiger partial charge < -0.3 is 10.5 Å². The van der Waals surface area contributed by atoms with Crippen molar-refractivity contribution in [2.45, 2.75) is 51.9 Å². The molecule has 0 aliphatic carbocycles. The SMILES string of the molecule is CCOC(=O)CCc1ccc(CCCCCCN)cc1. The Bertz CT molecular complexity index is 373. The third kappa shape index (κ3) is 7.29. The van der Waals surface area contributed by atoms with Crippen molar-refractivity contribution in [3.8, 4) is 0 Å². The number of unbranched alkanes of at least 4 members (excludes halogenated alkanes) is 3. The summed E-state index contributed by atoms with van der Waals surface area (Å²) >= 11 is 0. The number of benzene rings is 1. The van der Waals surface area contributed by atoms with E-state index in [2.05, 4.69) is 24.3 Å². The second-order valence-electron chi connectivity index (χ2n) is 5.07. The van der Waals surface area contributed by atoms with E-state index in [1.807, 2.05) is 6.92 Å². The summed E-state index contributed by atoms with van der Waals surface area (Å²) in [6.07, 6.45) is 7.19. The van der Waals surface area contributed by atoms with Crippen molar-refractivity contribution in [2.24, 2.45) is 5.73 Å². The molecule has 0 unspecified atom stereocenters.